The first-order valence-corrected chi connectivity index (χ1v) is 9.46. The van der Waals surface area contributed by atoms with Gasteiger partial charge in [-0.2, -0.15) is 0 Å². The Morgan fingerprint density at radius 2 is 1.94 bits per heavy atom. The third-order valence-corrected chi connectivity index (χ3v) is 8.34. The molecule has 2 nitrogen and oxygen atoms in total. The minimum atomic E-state index is -1.60. The highest BCUT2D eigenvalue weighted by molar-refractivity contribution is 6.74. The standard InChI is InChI=1S/C13H28O2Si/c1-7-8-11(9-12-10-14-12)15-16(5,6)13(2,3)4/h11-12H,7-10H2,1-6H3/t11-,12+/m0/s1. The van der Waals surface area contributed by atoms with Gasteiger partial charge in [-0.05, 0) is 24.6 Å². The largest absolute Gasteiger partial charge is 0.414 e. The minimum Gasteiger partial charge on any atom is -0.414 e. The van der Waals surface area contributed by atoms with E-state index in [1.807, 2.05) is 0 Å². The quantitative estimate of drug-likeness (QED) is 0.521. The summed E-state index contributed by atoms with van der Waals surface area (Å²) >= 11 is 0. The van der Waals surface area contributed by atoms with E-state index in [2.05, 4.69) is 40.8 Å². The molecule has 0 saturated carbocycles. The van der Waals surface area contributed by atoms with Crippen molar-refractivity contribution in [2.75, 3.05) is 6.61 Å². The normalized spacial score (nSPS) is 23.2. The summed E-state index contributed by atoms with van der Waals surface area (Å²) in [4.78, 5) is 0. The van der Waals surface area contributed by atoms with Crippen LogP contribution < -0.4 is 0 Å². The van der Waals surface area contributed by atoms with Crippen molar-refractivity contribution < 1.29 is 9.16 Å². The van der Waals surface area contributed by atoms with Crippen LogP contribution >= 0.6 is 0 Å². The topological polar surface area (TPSA) is 21.8 Å². The Morgan fingerprint density at radius 1 is 1.38 bits per heavy atom. The number of hydrogen-bond donors (Lipinski definition) is 0. The van der Waals surface area contributed by atoms with E-state index >= 15 is 0 Å². The molecular formula is C13H28O2Si. The average Bonchev–Trinajstić information content (AvgIpc) is 2.85. The van der Waals surface area contributed by atoms with Crippen molar-refractivity contribution in [1.29, 1.82) is 0 Å². The van der Waals surface area contributed by atoms with Crippen molar-refractivity contribution in [3.05, 3.63) is 0 Å². The Labute approximate surface area is 102 Å². The maximum absolute atomic E-state index is 6.45. The van der Waals surface area contributed by atoms with Crippen LogP contribution in [-0.4, -0.2) is 27.1 Å². The van der Waals surface area contributed by atoms with Crippen LogP contribution in [0.15, 0.2) is 0 Å². The lowest BCUT2D eigenvalue weighted by Crippen LogP contribution is -2.44. The fourth-order valence-corrected chi connectivity index (χ4v) is 3.04. The molecule has 16 heavy (non-hydrogen) atoms. The first-order chi connectivity index (χ1) is 7.26. The lowest BCUT2D eigenvalue weighted by atomic mass is 10.1. The molecule has 1 aliphatic heterocycles. The van der Waals surface area contributed by atoms with Crippen LogP contribution in [0.5, 0.6) is 0 Å². The highest BCUT2D eigenvalue weighted by Crippen LogP contribution is 2.38. The first-order valence-electron chi connectivity index (χ1n) is 6.55. The predicted molar refractivity (Wildman–Crippen MR) is 71.3 cm³/mol. The van der Waals surface area contributed by atoms with Crippen LogP contribution in [0.4, 0.5) is 0 Å². The molecule has 0 bridgehead atoms. The molecule has 96 valence electrons. The molecule has 0 aromatic heterocycles. The zero-order valence-electron chi connectivity index (χ0n) is 11.8. The van der Waals surface area contributed by atoms with E-state index in [0.717, 1.165) is 13.0 Å². The molecule has 1 rings (SSSR count). The van der Waals surface area contributed by atoms with Gasteiger partial charge in [-0.15, -0.1) is 0 Å². The third kappa shape index (κ3) is 4.19. The summed E-state index contributed by atoms with van der Waals surface area (Å²) in [5.41, 5.74) is 0. The van der Waals surface area contributed by atoms with E-state index in [9.17, 15) is 0 Å². The van der Waals surface area contributed by atoms with Crippen molar-refractivity contribution >= 4 is 8.32 Å². The summed E-state index contributed by atoms with van der Waals surface area (Å²) in [5, 5.41) is 0.309. The Hall–Kier alpha value is 0.137. The van der Waals surface area contributed by atoms with Gasteiger partial charge in [0.15, 0.2) is 8.32 Å². The van der Waals surface area contributed by atoms with Gasteiger partial charge < -0.3 is 9.16 Å². The van der Waals surface area contributed by atoms with Gasteiger partial charge in [-0.3, -0.25) is 0 Å². The molecule has 0 amide bonds. The van der Waals surface area contributed by atoms with Crippen molar-refractivity contribution in [3.63, 3.8) is 0 Å². The average molecular weight is 244 g/mol. The van der Waals surface area contributed by atoms with Gasteiger partial charge in [0.05, 0.1) is 12.7 Å². The zero-order chi connectivity index (χ0) is 12.4. The van der Waals surface area contributed by atoms with E-state index in [1.54, 1.807) is 0 Å². The Kier molecular flexibility index (Phi) is 4.61. The van der Waals surface area contributed by atoms with E-state index in [0.29, 0.717) is 17.2 Å². The molecule has 1 fully saturated rings. The van der Waals surface area contributed by atoms with Gasteiger partial charge in [-0.1, -0.05) is 34.1 Å². The second-order valence-corrected chi connectivity index (χ2v) is 11.2. The third-order valence-electron chi connectivity index (χ3n) is 3.81. The van der Waals surface area contributed by atoms with Gasteiger partial charge in [0.25, 0.3) is 0 Å². The lowest BCUT2D eigenvalue weighted by molar-refractivity contribution is 0.149. The first kappa shape index (κ1) is 14.2. The molecule has 1 aliphatic rings. The molecule has 2 atom stereocenters. The lowest BCUT2D eigenvalue weighted by Gasteiger charge is -2.39. The zero-order valence-corrected chi connectivity index (χ0v) is 12.8. The molecule has 0 spiro atoms. The van der Waals surface area contributed by atoms with Crippen molar-refractivity contribution in [2.45, 2.75) is 77.3 Å². The second kappa shape index (κ2) is 5.19. The fourth-order valence-electron chi connectivity index (χ4n) is 1.64. The maximum Gasteiger partial charge on any atom is 0.192 e. The van der Waals surface area contributed by atoms with Crippen LogP contribution in [0.1, 0.15) is 47.0 Å². The molecule has 1 saturated heterocycles. The molecule has 0 unspecified atom stereocenters. The molecule has 0 N–H and O–H groups in total. The van der Waals surface area contributed by atoms with E-state index in [4.69, 9.17) is 9.16 Å². The number of ether oxygens (including phenoxy) is 1. The molecule has 1 heterocycles. The number of hydrogen-bond acceptors (Lipinski definition) is 2. The van der Waals surface area contributed by atoms with Crippen LogP contribution in [-0.2, 0) is 9.16 Å². The summed E-state index contributed by atoms with van der Waals surface area (Å²) in [7, 11) is -1.60. The van der Waals surface area contributed by atoms with E-state index < -0.39 is 8.32 Å². The summed E-state index contributed by atoms with van der Waals surface area (Å²) in [6.45, 7) is 14.8. The summed E-state index contributed by atoms with van der Waals surface area (Å²) < 4.78 is 11.8. The highest BCUT2D eigenvalue weighted by Gasteiger charge is 2.40. The van der Waals surface area contributed by atoms with Gasteiger partial charge >= 0.3 is 0 Å². The van der Waals surface area contributed by atoms with Gasteiger partial charge in [0, 0.05) is 12.5 Å². The monoisotopic (exact) mass is 244 g/mol. The molecule has 3 heteroatoms. The van der Waals surface area contributed by atoms with Crippen molar-refractivity contribution in [1.82, 2.24) is 0 Å². The van der Waals surface area contributed by atoms with Gasteiger partial charge in [0.1, 0.15) is 0 Å². The Balaban J connectivity index is 2.51. The summed E-state index contributed by atoms with van der Waals surface area (Å²) in [6.07, 6.45) is 4.37. The fraction of sp³-hybridized carbons (Fsp3) is 1.00. The SMILES string of the molecule is CCC[C@@H](C[C@@H]1CO1)O[Si](C)(C)C(C)(C)C. The molecule has 0 aliphatic carbocycles. The Bertz CT molecular complexity index is 216. The van der Waals surface area contributed by atoms with Crippen LogP contribution in [0.25, 0.3) is 0 Å². The molecular weight excluding hydrogens is 216 g/mol. The second-order valence-electron chi connectivity index (χ2n) is 6.48. The van der Waals surface area contributed by atoms with Gasteiger partial charge in [-0.25, -0.2) is 0 Å². The van der Waals surface area contributed by atoms with Crippen LogP contribution in [0.2, 0.25) is 18.1 Å². The highest BCUT2D eigenvalue weighted by atomic mass is 28.4. The van der Waals surface area contributed by atoms with Crippen molar-refractivity contribution in [3.8, 4) is 0 Å². The van der Waals surface area contributed by atoms with Crippen molar-refractivity contribution in [2.24, 2.45) is 0 Å². The molecule has 0 radical (unpaired) electrons. The number of epoxide rings is 1. The van der Waals surface area contributed by atoms with Crippen LogP contribution in [0, 0.1) is 0 Å². The van der Waals surface area contributed by atoms with E-state index in [-0.39, 0.29) is 0 Å². The van der Waals surface area contributed by atoms with Gasteiger partial charge in [0.2, 0.25) is 0 Å². The predicted octanol–water partition coefficient (Wildman–Crippen LogP) is 3.97. The Morgan fingerprint density at radius 3 is 2.31 bits per heavy atom. The minimum absolute atomic E-state index is 0.309. The molecule has 0 aromatic rings. The number of rotatable bonds is 6. The van der Waals surface area contributed by atoms with Crippen LogP contribution in [0.3, 0.4) is 0 Å². The summed E-state index contributed by atoms with van der Waals surface area (Å²) in [6, 6.07) is 0. The molecule has 0 aromatic carbocycles. The maximum atomic E-state index is 6.45. The smallest absolute Gasteiger partial charge is 0.192 e. The summed E-state index contributed by atoms with van der Waals surface area (Å²) in [5.74, 6) is 0. The van der Waals surface area contributed by atoms with E-state index in [1.165, 1.54) is 12.8 Å².